The Hall–Kier alpha value is -1.52. The zero-order valence-electron chi connectivity index (χ0n) is 18.2. The van der Waals surface area contributed by atoms with E-state index in [4.69, 9.17) is 0 Å². The predicted molar refractivity (Wildman–Crippen MR) is 122 cm³/mol. The molecule has 10 heteroatoms. The number of aromatic nitrogens is 2. The molecule has 2 N–H and O–H groups in total. The molecule has 1 fully saturated rings. The molecule has 1 aliphatic carbocycles. The number of anilines is 1. The topological polar surface area (TPSA) is 66.9 Å². The summed E-state index contributed by atoms with van der Waals surface area (Å²) in [5, 5.41) is 4.27. The quantitative estimate of drug-likeness (QED) is 0.428. The van der Waals surface area contributed by atoms with Gasteiger partial charge in [0.05, 0.1) is 5.69 Å². The van der Waals surface area contributed by atoms with Gasteiger partial charge in [-0.15, -0.1) is 16.1 Å². The van der Waals surface area contributed by atoms with Crippen molar-refractivity contribution in [3.8, 4) is 11.3 Å². The van der Waals surface area contributed by atoms with Gasteiger partial charge in [0.15, 0.2) is 5.13 Å². The van der Waals surface area contributed by atoms with E-state index < -0.39 is 22.9 Å². The third-order valence-electron chi connectivity index (χ3n) is 5.43. The molecular weight excluding hydrogens is 445 g/mol. The Labute approximate surface area is 187 Å². The van der Waals surface area contributed by atoms with Crippen LogP contribution in [-0.4, -0.2) is 27.3 Å². The Morgan fingerprint density at radius 3 is 2.39 bits per heavy atom. The maximum absolute atomic E-state index is 12.7. The fraction of sp³-hybridized carbons (Fsp3) is 0.619. The van der Waals surface area contributed by atoms with Crippen molar-refractivity contribution in [2.75, 3.05) is 11.9 Å². The summed E-state index contributed by atoms with van der Waals surface area (Å²) in [6.45, 7) is 8.62. The predicted octanol–water partition coefficient (Wildman–Crippen LogP) is 5.50. The Morgan fingerprint density at radius 2 is 1.84 bits per heavy atom. The van der Waals surface area contributed by atoms with Crippen molar-refractivity contribution in [3.63, 3.8) is 0 Å². The van der Waals surface area contributed by atoms with Gasteiger partial charge in [-0.3, -0.25) is 4.98 Å². The molecular formula is C21H30F3N4OS2+. The van der Waals surface area contributed by atoms with Crippen LogP contribution in [0.5, 0.6) is 0 Å². The van der Waals surface area contributed by atoms with Crippen molar-refractivity contribution in [1.82, 2.24) is 14.7 Å². The minimum Gasteiger partial charge on any atom is -0.359 e. The second kappa shape index (κ2) is 9.54. The molecule has 0 bridgehead atoms. The summed E-state index contributed by atoms with van der Waals surface area (Å²) in [5.74, 6) is 0.520. The van der Waals surface area contributed by atoms with Gasteiger partial charge in [-0.05, 0) is 71.4 Å². The number of nitrogens with zero attached hydrogens (tertiary/aromatic N) is 2. The fourth-order valence-corrected chi connectivity index (χ4v) is 5.37. The molecule has 1 aliphatic rings. The summed E-state index contributed by atoms with van der Waals surface area (Å²) < 4.78 is 53.4. The van der Waals surface area contributed by atoms with Crippen molar-refractivity contribution in [2.24, 2.45) is 5.92 Å². The van der Waals surface area contributed by atoms with E-state index in [0.717, 1.165) is 48.3 Å². The molecule has 0 aliphatic heterocycles. The lowest BCUT2D eigenvalue weighted by molar-refractivity contribution is -0.141. The van der Waals surface area contributed by atoms with Gasteiger partial charge in [0.1, 0.15) is 21.4 Å². The molecule has 2 aromatic heterocycles. The van der Waals surface area contributed by atoms with Crippen molar-refractivity contribution in [1.29, 1.82) is 0 Å². The SMILES string of the molecule is Cc1sc(NC2CCC(CN[SH+](=O)C(C)(C)C)CC2)nc1-c1ccc(C(F)(F)F)nc1. The van der Waals surface area contributed by atoms with Gasteiger partial charge in [0.2, 0.25) is 0 Å². The molecule has 1 atom stereocenters. The molecule has 2 aromatic rings. The van der Waals surface area contributed by atoms with Crippen LogP contribution in [0.3, 0.4) is 0 Å². The van der Waals surface area contributed by atoms with Crippen LogP contribution in [0.25, 0.3) is 11.3 Å². The number of thiazole rings is 1. The molecule has 31 heavy (non-hydrogen) atoms. The maximum Gasteiger partial charge on any atom is 0.433 e. The number of thiol groups is 1. The van der Waals surface area contributed by atoms with E-state index in [-0.39, 0.29) is 4.75 Å². The van der Waals surface area contributed by atoms with Crippen LogP contribution in [0, 0.1) is 12.8 Å². The van der Waals surface area contributed by atoms with Crippen LogP contribution >= 0.6 is 11.3 Å². The second-order valence-electron chi connectivity index (χ2n) is 9.04. The van der Waals surface area contributed by atoms with Gasteiger partial charge in [0, 0.05) is 29.2 Å². The Balaban J connectivity index is 1.54. The summed E-state index contributed by atoms with van der Waals surface area (Å²) in [4.78, 5) is 9.08. The highest BCUT2D eigenvalue weighted by molar-refractivity contribution is 7.84. The molecule has 5 nitrogen and oxygen atoms in total. The zero-order chi connectivity index (χ0) is 22.8. The highest BCUT2D eigenvalue weighted by Crippen LogP contribution is 2.34. The summed E-state index contributed by atoms with van der Waals surface area (Å²) in [7, 11) is -1.42. The molecule has 1 saturated carbocycles. The molecule has 0 amide bonds. The van der Waals surface area contributed by atoms with E-state index in [1.807, 2.05) is 27.7 Å². The molecule has 0 radical (unpaired) electrons. The average Bonchev–Trinajstić information content (AvgIpc) is 3.06. The first kappa shape index (κ1) is 24.1. The number of hydrogen-bond acceptors (Lipinski definition) is 5. The molecule has 0 spiro atoms. The first-order valence-corrected chi connectivity index (χ1v) is 12.5. The van der Waals surface area contributed by atoms with E-state index in [2.05, 4.69) is 20.0 Å². The highest BCUT2D eigenvalue weighted by atomic mass is 32.2. The van der Waals surface area contributed by atoms with Gasteiger partial charge in [0.25, 0.3) is 0 Å². The van der Waals surface area contributed by atoms with Gasteiger partial charge in [-0.1, -0.05) is 4.21 Å². The van der Waals surface area contributed by atoms with Gasteiger partial charge in [-0.2, -0.15) is 13.2 Å². The lowest BCUT2D eigenvalue weighted by Gasteiger charge is -2.28. The van der Waals surface area contributed by atoms with Crippen LogP contribution in [0.15, 0.2) is 18.3 Å². The first-order valence-electron chi connectivity index (χ1n) is 10.4. The molecule has 0 aromatic carbocycles. The standard InChI is InChI=1S/C21H29F3N4OS2/c1-13-18(15-7-10-17(25-12-15)21(22,23)24)28-19(30-13)27-16-8-5-14(6-9-16)11-26-31(29)20(2,3)4/h7,10,12,14,16H,5-6,8-9,11H2,1-4H3,(H,26,29)(H,27,28)/p+1. The Kier molecular flexibility index (Phi) is 7.43. The van der Waals surface area contributed by atoms with E-state index in [1.54, 1.807) is 0 Å². The monoisotopic (exact) mass is 475 g/mol. The number of halogens is 3. The van der Waals surface area contributed by atoms with E-state index in [9.17, 15) is 17.4 Å². The Bertz CT molecular complexity index is 899. The van der Waals surface area contributed by atoms with Gasteiger partial charge >= 0.3 is 6.18 Å². The summed E-state index contributed by atoms with van der Waals surface area (Å²) in [5.41, 5.74) is 0.343. The molecule has 3 rings (SSSR count). The summed E-state index contributed by atoms with van der Waals surface area (Å²) >= 11 is 1.51. The molecule has 1 unspecified atom stereocenters. The molecule has 2 heterocycles. The normalized spacial score (nSPS) is 21.1. The number of aryl methyl sites for hydroxylation is 1. The maximum atomic E-state index is 12.7. The fourth-order valence-electron chi connectivity index (χ4n) is 3.56. The van der Waals surface area contributed by atoms with Crippen LogP contribution in [0.1, 0.15) is 57.0 Å². The highest BCUT2D eigenvalue weighted by Gasteiger charge is 2.32. The minimum absolute atomic E-state index is 0.225. The summed E-state index contributed by atoms with van der Waals surface area (Å²) in [6, 6.07) is 2.73. The number of rotatable bonds is 6. The van der Waals surface area contributed by atoms with E-state index in [1.165, 1.54) is 23.6 Å². The Morgan fingerprint density at radius 1 is 1.16 bits per heavy atom. The lowest BCUT2D eigenvalue weighted by Crippen LogP contribution is -2.37. The van der Waals surface area contributed by atoms with Crippen molar-refractivity contribution in [3.05, 3.63) is 28.9 Å². The first-order chi connectivity index (χ1) is 14.4. The number of pyridine rings is 1. The van der Waals surface area contributed by atoms with Gasteiger partial charge < -0.3 is 5.32 Å². The summed E-state index contributed by atoms with van der Waals surface area (Å²) in [6.07, 6.45) is 0.910. The number of nitrogens with one attached hydrogen (secondary N) is 2. The number of alkyl halides is 3. The second-order valence-corrected chi connectivity index (χ2v) is 12.5. The van der Waals surface area contributed by atoms with E-state index in [0.29, 0.717) is 23.2 Å². The van der Waals surface area contributed by atoms with Crippen LogP contribution < -0.4 is 10.0 Å². The zero-order valence-corrected chi connectivity index (χ0v) is 19.9. The lowest BCUT2D eigenvalue weighted by atomic mass is 9.86. The van der Waals surface area contributed by atoms with Crippen molar-refractivity contribution >= 4 is 27.5 Å². The average molecular weight is 476 g/mol. The molecule has 0 saturated heterocycles. The minimum atomic E-state index is -4.45. The third-order valence-corrected chi connectivity index (χ3v) is 8.02. The smallest absolute Gasteiger partial charge is 0.359 e. The van der Waals surface area contributed by atoms with Crippen LogP contribution in [0.4, 0.5) is 18.3 Å². The third kappa shape index (κ3) is 6.49. The largest absolute Gasteiger partial charge is 0.433 e. The van der Waals surface area contributed by atoms with Crippen molar-refractivity contribution in [2.45, 2.75) is 70.3 Å². The number of hydrogen-bond donors (Lipinski definition) is 2. The van der Waals surface area contributed by atoms with Crippen molar-refractivity contribution < 1.29 is 17.4 Å². The van der Waals surface area contributed by atoms with Gasteiger partial charge in [-0.25, -0.2) is 4.98 Å². The van der Waals surface area contributed by atoms with E-state index >= 15 is 0 Å². The van der Waals surface area contributed by atoms with Crippen LogP contribution in [0.2, 0.25) is 0 Å². The molecule has 172 valence electrons. The van der Waals surface area contributed by atoms with Crippen LogP contribution in [-0.2, 0) is 21.4 Å².